The number of carbonyl (C=O) groups excluding carboxylic acids is 2. The summed E-state index contributed by atoms with van der Waals surface area (Å²) >= 11 is 0. The monoisotopic (exact) mass is 496 g/mol. The molecule has 200 valence electrons. The number of hydrogen-bond donors (Lipinski definition) is 0. The highest BCUT2D eigenvalue weighted by molar-refractivity contribution is 5.97. The smallest absolute Gasteiger partial charge is 0.253 e. The number of ketones is 1. The van der Waals surface area contributed by atoms with Gasteiger partial charge in [0.05, 0.1) is 11.0 Å². The third-order valence-corrected chi connectivity index (χ3v) is 7.02. The second kappa shape index (κ2) is 13.9. The number of rotatable bonds is 14. The number of benzene rings is 1. The maximum Gasteiger partial charge on any atom is 0.253 e. The van der Waals surface area contributed by atoms with Crippen molar-refractivity contribution < 1.29 is 9.59 Å². The van der Waals surface area contributed by atoms with Gasteiger partial charge in [-0.2, -0.15) is 0 Å². The first kappa shape index (κ1) is 28.4. The van der Waals surface area contributed by atoms with Crippen LogP contribution in [0.5, 0.6) is 0 Å². The lowest BCUT2D eigenvalue weighted by atomic mass is 10.1. The van der Waals surface area contributed by atoms with E-state index in [1.165, 1.54) is 32.4 Å². The maximum absolute atomic E-state index is 13.5. The average Bonchev–Trinajstić information content (AvgIpc) is 3.17. The number of fused-ring (bicyclic) bond motifs is 1. The first-order valence-electron chi connectivity index (χ1n) is 14.2. The summed E-state index contributed by atoms with van der Waals surface area (Å²) in [5.74, 6) is 2.30. The molecule has 3 rings (SSSR count). The number of piperidine rings is 1. The molecule has 0 aliphatic carbocycles. The van der Waals surface area contributed by atoms with E-state index in [-0.39, 0.29) is 11.7 Å². The van der Waals surface area contributed by atoms with Gasteiger partial charge >= 0.3 is 0 Å². The Labute approximate surface area is 218 Å². The second-order valence-electron chi connectivity index (χ2n) is 11.5. The van der Waals surface area contributed by atoms with E-state index in [1.807, 2.05) is 17.0 Å². The number of amides is 1. The molecule has 36 heavy (non-hydrogen) atoms. The Hall–Kier alpha value is -2.21. The summed E-state index contributed by atoms with van der Waals surface area (Å²) in [5.41, 5.74) is 2.78. The molecular weight excluding hydrogens is 448 g/mol. The molecule has 0 atom stereocenters. The molecule has 1 aliphatic rings. The summed E-state index contributed by atoms with van der Waals surface area (Å²) in [6.07, 6.45) is 8.41. The van der Waals surface area contributed by atoms with Crippen molar-refractivity contribution in [1.29, 1.82) is 0 Å². The molecule has 2 aromatic rings. The number of likely N-dealkylation sites (tertiary alicyclic amines) is 1. The van der Waals surface area contributed by atoms with Crippen LogP contribution >= 0.6 is 0 Å². The van der Waals surface area contributed by atoms with Crippen molar-refractivity contribution in [3.8, 4) is 0 Å². The highest BCUT2D eigenvalue weighted by atomic mass is 16.2. The fourth-order valence-electron chi connectivity index (χ4n) is 5.34. The van der Waals surface area contributed by atoms with Crippen molar-refractivity contribution >= 4 is 22.7 Å². The molecule has 1 fully saturated rings. The van der Waals surface area contributed by atoms with E-state index in [9.17, 15) is 9.59 Å². The largest absolute Gasteiger partial charge is 0.338 e. The Kier molecular flexibility index (Phi) is 11.0. The lowest BCUT2D eigenvalue weighted by Gasteiger charge is -2.27. The van der Waals surface area contributed by atoms with Gasteiger partial charge in [0.2, 0.25) is 0 Å². The first-order valence-corrected chi connectivity index (χ1v) is 14.2. The van der Waals surface area contributed by atoms with Crippen molar-refractivity contribution in [2.75, 3.05) is 32.7 Å². The van der Waals surface area contributed by atoms with Gasteiger partial charge in [0, 0.05) is 38.0 Å². The summed E-state index contributed by atoms with van der Waals surface area (Å²) < 4.78 is 2.35. The molecule has 0 unspecified atom stereocenters. The van der Waals surface area contributed by atoms with Gasteiger partial charge in [0.25, 0.3) is 5.91 Å². The molecule has 0 radical (unpaired) electrons. The van der Waals surface area contributed by atoms with Crippen LogP contribution in [-0.4, -0.2) is 63.8 Å². The van der Waals surface area contributed by atoms with Crippen LogP contribution in [-0.2, 0) is 17.8 Å². The zero-order chi connectivity index (χ0) is 26.1. The quantitative estimate of drug-likeness (QED) is 0.302. The topological polar surface area (TPSA) is 58.4 Å². The van der Waals surface area contributed by atoms with Crippen LogP contribution in [0.1, 0.15) is 95.7 Å². The van der Waals surface area contributed by atoms with Gasteiger partial charge in [0.1, 0.15) is 11.6 Å². The zero-order valence-corrected chi connectivity index (χ0v) is 23.4. The Morgan fingerprint density at radius 3 is 2.28 bits per heavy atom. The molecule has 1 aromatic carbocycles. The third kappa shape index (κ3) is 8.43. The molecule has 6 heteroatoms. The van der Waals surface area contributed by atoms with Gasteiger partial charge in [-0.15, -0.1) is 0 Å². The normalized spacial score (nSPS) is 14.8. The molecule has 0 bridgehead atoms. The number of unbranched alkanes of at least 4 members (excludes halogenated alkanes) is 1. The fraction of sp³-hybridized carbons (Fsp3) is 0.700. The van der Waals surface area contributed by atoms with Crippen LogP contribution in [0, 0.1) is 11.8 Å². The standard InChI is InChI=1S/C30H48N4O2/c1-23(2)21-33(22-24(3)4)30(36)26-14-15-27-28(20-26)34(19-11-18-32-16-9-6-10-17-32)29(31-27)13-8-7-12-25(5)35/h14-15,20,23-24H,6-13,16-19,21-22H2,1-5H3. The van der Waals surface area contributed by atoms with Gasteiger partial charge in [-0.05, 0) is 88.7 Å². The molecule has 2 heterocycles. The Morgan fingerprint density at radius 1 is 0.944 bits per heavy atom. The van der Waals surface area contributed by atoms with Crippen LogP contribution in [0.4, 0.5) is 0 Å². The van der Waals surface area contributed by atoms with Gasteiger partial charge in [-0.1, -0.05) is 34.1 Å². The van der Waals surface area contributed by atoms with E-state index in [1.54, 1.807) is 6.92 Å². The number of aromatic nitrogens is 2. The molecule has 1 saturated heterocycles. The van der Waals surface area contributed by atoms with Crippen LogP contribution in [0.2, 0.25) is 0 Å². The third-order valence-electron chi connectivity index (χ3n) is 7.02. The van der Waals surface area contributed by atoms with E-state index in [0.717, 1.165) is 74.3 Å². The molecule has 1 amide bonds. The van der Waals surface area contributed by atoms with E-state index >= 15 is 0 Å². The van der Waals surface area contributed by atoms with E-state index in [2.05, 4.69) is 43.2 Å². The molecule has 0 spiro atoms. The number of hydrogen-bond acceptors (Lipinski definition) is 4. The van der Waals surface area contributed by atoms with Crippen molar-refractivity contribution in [3.05, 3.63) is 29.6 Å². The number of nitrogens with zero attached hydrogens (tertiary/aromatic N) is 4. The predicted molar refractivity (Wildman–Crippen MR) is 148 cm³/mol. The Balaban J connectivity index is 1.83. The van der Waals surface area contributed by atoms with Gasteiger partial charge < -0.3 is 19.2 Å². The number of aryl methyl sites for hydroxylation is 2. The number of Topliss-reactive ketones (excluding diaryl/α,β-unsaturated/α-hetero) is 1. The van der Waals surface area contributed by atoms with E-state index < -0.39 is 0 Å². The molecule has 0 N–H and O–H groups in total. The Morgan fingerprint density at radius 2 is 1.64 bits per heavy atom. The number of imidazole rings is 1. The average molecular weight is 497 g/mol. The number of carbonyl (C=O) groups is 2. The molecule has 0 saturated carbocycles. The highest BCUT2D eigenvalue weighted by Crippen LogP contribution is 2.22. The van der Waals surface area contributed by atoms with Crippen molar-refractivity contribution in [1.82, 2.24) is 19.4 Å². The maximum atomic E-state index is 13.5. The fourth-order valence-corrected chi connectivity index (χ4v) is 5.34. The summed E-state index contributed by atoms with van der Waals surface area (Å²) in [5, 5.41) is 0. The van der Waals surface area contributed by atoms with Crippen LogP contribution in [0.15, 0.2) is 18.2 Å². The Bertz CT molecular complexity index is 978. The molecule has 6 nitrogen and oxygen atoms in total. The summed E-state index contributed by atoms with van der Waals surface area (Å²) in [6.45, 7) is 16.3. The minimum Gasteiger partial charge on any atom is -0.338 e. The SMILES string of the molecule is CC(=O)CCCCc1nc2ccc(C(=O)N(CC(C)C)CC(C)C)cc2n1CCCN1CCCCC1. The lowest BCUT2D eigenvalue weighted by Crippen LogP contribution is -2.37. The van der Waals surface area contributed by atoms with E-state index in [4.69, 9.17) is 4.98 Å². The molecule has 1 aliphatic heterocycles. The van der Waals surface area contributed by atoms with Crippen LogP contribution in [0.3, 0.4) is 0 Å². The van der Waals surface area contributed by atoms with Crippen molar-refractivity contribution in [2.45, 2.75) is 92.5 Å². The predicted octanol–water partition coefficient (Wildman–Crippen LogP) is 5.97. The highest BCUT2D eigenvalue weighted by Gasteiger charge is 2.20. The minimum atomic E-state index is 0.114. The summed E-state index contributed by atoms with van der Waals surface area (Å²) in [7, 11) is 0. The zero-order valence-electron chi connectivity index (χ0n) is 23.4. The van der Waals surface area contributed by atoms with Gasteiger partial charge in [-0.25, -0.2) is 4.98 Å². The molecule has 1 aromatic heterocycles. The minimum absolute atomic E-state index is 0.114. The first-order chi connectivity index (χ1) is 17.2. The summed E-state index contributed by atoms with van der Waals surface area (Å²) in [6, 6.07) is 6.03. The van der Waals surface area contributed by atoms with Crippen molar-refractivity contribution in [3.63, 3.8) is 0 Å². The molecular formula is C30H48N4O2. The lowest BCUT2D eigenvalue weighted by molar-refractivity contribution is -0.117. The summed E-state index contributed by atoms with van der Waals surface area (Å²) in [4.78, 5) is 34.5. The second-order valence-corrected chi connectivity index (χ2v) is 11.5. The van der Waals surface area contributed by atoms with Crippen LogP contribution < -0.4 is 0 Å². The van der Waals surface area contributed by atoms with Gasteiger partial charge in [-0.3, -0.25) is 4.79 Å². The van der Waals surface area contributed by atoms with E-state index in [0.29, 0.717) is 18.3 Å². The van der Waals surface area contributed by atoms with Crippen LogP contribution in [0.25, 0.3) is 11.0 Å². The van der Waals surface area contributed by atoms with Crippen molar-refractivity contribution in [2.24, 2.45) is 11.8 Å². The van der Waals surface area contributed by atoms with Gasteiger partial charge in [0.15, 0.2) is 0 Å².